The molecule has 0 unspecified atom stereocenters. The predicted octanol–water partition coefficient (Wildman–Crippen LogP) is 3.57. The second kappa shape index (κ2) is 8.18. The van der Waals surface area contributed by atoms with E-state index in [0.717, 1.165) is 12.8 Å². The van der Waals surface area contributed by atoms with E-state index in [4.69, 9.17) is 0 Å². The van der Waals surface area contributed by atoms with Crippen LogP contribution in [0.3, 0.4) is 0 Å². The highest BCUT2D eigenvalue weighted by Gasteiger charge is 2.25. The largest absolute Gasteiger partial charge is 0.354 e. The van der Waals surface area contributed by atoms with E-state index in [1.165, 1.54) is 13.3 Å². The molecule has 0 radical (unpaired) electrons. The van der Waals surface area contributed by atoms with Gasteiger partial charge < -0.3 is 10.2 Å². The van der Waals surface area contributed by atoms with Crippen molar-refractivity contribution < 1.29 is 9.72 Å². The van der Waals surface area contributed by atoms with Crippen molar-refractivity contribution in [3.05, 3.63) is 46.3 Å². The Morgan fingerprint density at radius 3 is 2.52 bits per heavy atom. The van der Waals surface area contributed by atoms with Crippen molar-refractivity contribution in [1.29, 1.82) is 0 Å². The van der Waals surface area contributed by atoms with E-state index >= 15 is 0 Å². The quantitative estimate of drug-likeness (QED) is 0.444. The van der Waals surface area contributed by atoms with E-state index in [2.05, 4.69) is 22.2 Å². The molecule has 25 heavy (non-hydrogen) atoms. The molecule has 8 heteroatoms. The maximum absolute atomic E-state index is 11.6. The molecular weight excluding hydrogens is 322 g/mol. The van der Waals surface area contributed by atoms with Crippen molar-refractivity contribution in [1.82, 2.24) is 9.97 Å². The van der Waals surface area contributed by atoms with Crippen LogP contribution in [0.5, 0.6) is 0 Å². The highest BCUT2D eigenvalue weighted by molar-refractivity contribution is 5.94. The van der Waals surface area contributed by atoms with Crippen LogP contribution in [0.25, 0.3) is 0 Å². The summed E-state index contributed by atoms with van der Waals surface area (Å²) in [5.41, 5.74) is 1.01. The second-order valence-electron chi connectivity index (χ2n) is 5.69. The van der Waals surface area contributed by atoms with Crippen molar-refractivity contribution in [2.75, 3.05) is 23.8 Å². The first kappa shape index (κ1) is 18.3. The van der Waals surface area contributed by atoms with E-state index in [-0.39, 0.29) is 23.1 Å². The van der Waals surface area contributed by atoms with Crippen LogP contribution in [-0.2, 0) is 0 Å². The average molecular weight is 343 g/mol. The summed E-state index contributed by atoms with van der Waals surface area (Å²) >= 11 is 0. The third-order valence-corrected chi connectivity index (χ3v) is 3.75. The van der Waals surface area contributed by atoms with Gasteiger partial charge in [0.1, 0.15) is 6.33 Å². The highest BCUT2D eigenvalue weighted by atomic mass is 16.6. The van der Waals surface area contributed by atoms with Crippen LogP contribution >= 0.6 is 0 Å². The van der Waals surface area contributed by atoms with Gasteiger partial charge in [0, 0.05) is 24.8 Å². The number of hydrogen-bond acceptors (Lipinski definition) is 7. The molecule has 1 N–H and O–H groups in total. The molecule has 0 fully saturated rings. The topological polar surface area (TPSA) is 101 Å². The van der Waals surface area contributed by atoms with Crippen molar-refractivity contribution in [3.8, 4) is 0 Å². The zero-order valence-electron chi connectivity index (χ0n) is 14.5. The first-order valence-electron chi connectivity index (χ1n) is 8.02. The molecule has 0 atom stereocenters. The summed E-state index contributed by atoms with van der Waals surface area (Å²) in [6, 6.07) is 6.68. The molecule has 8 nitrogen and oxygen atoms in total. The van der Waals surface area contributed by atoms with Crippen LogP contribution in [0.2, 0.25) is 0 Å². The van der Waals surface area contributed by atoms with Crippen LogP contribution in [-0.4, -0.2) is 34.3 Å². The van der Waals surface area contributed by atoms with Gasteiger partial charge in [-0.25, -0.2) is 9.97 Å². The van der Waals surface area contributed by atoms with E-state index in [9.17, 15) is 14.9 Å². The number of unbranched alkanes of at least 4 members (excludes halogenated alkanes) is 1. The summed E-state index contributed by atoms with van der Waals surface area (Å²) in [5.74, 6) is 0.352. The minimum absolute atomic E-state index is 0.0422. The first-order chi connectivity index (χ1) is 11.9. The van der Waals surface area contributed by atoms with Gasteiger partial charge in [0.25, 0.3) is 0 Å². The summed E-state index contributed by atoms with van der Waals surface area (Å²) in [6.07, 6.45) is 3.20. The molecule has 0 aliphatic heterocycles. The number of rotatable bonds is 8. The van der Waals surface area contributed by atoms with Crippen LogP contribution in [0, 0.1) is 10.1 Å². The maximum atomic E-state index is 11.6. The van der Waals surface area contributed by atoms with E-state index in [1.54, 1.807) is 36.2 Å². The van der Waals surface area contributed by atoms with E-state index < -0.39 is 4.92 Å². The Bertz CT molecular complexity index is 761. The zero-order valence-corrected chi connectivity index (χ0v) is 14.5. The Morgan fingerprint density at radius 1 is 1.28 bits per heavy atom. The number of nitro groups is 1. The number of anilines is 3. The maximum Gasteiger partial charge on any atom is 0.353 e. The molecule has 0 bridgehead atoms. The monoisotopic (exact) mass is 343 g/mol. The van der Waals surface area contributed by atoms with Gasteiger partial charge in [-0.05, 0) is 37.6 Å². The van der Waals surface area contributed by atoms with Gasteiger partial charge in [-0.1, -0.05) is 13.3 Å². The van der Waals surface area contributed by atoms with E-state index in [0.29, 0.717) is 17.8 Å². The lowest BCUT2D eigenvalue weighted by molar-refractivity contribution is -0.383. The third-order valence-electron chi connectivity index (χ3n) is 3.75. The number of benzene rings is 1. The molecule has 0 saturated carbocycles. The van der Waals surface area contributed by atoms with Gasteiger partial charge in [-0.2, -0.15) is 0 Å². The van der Waals surface area contributed by atoms with E-state index in [1.807, 2.05) is 0 Å². The third kappa shape index (κ3) is 4.50. The first-order valence-corrected chi connectivity index (χ1v) is 8.02. The van der Waals surface area contributed by atoms with Gasteiger partial charge in [-0.3, -0.25) is 14.9 Å². The van der Waals surface area contributed by atoms with Crippen LogP contribution in [0.4, 0.5) is 23.0 Å². The highest BCUT2D eigenvalue weighted by Crippen LogP contribution is 2.33. The Balaban J connectivity index is 2.33. The van der Waals surface area contributed by atoms with Crippen LogP contribution in [0.1, 0.15) is 37.0 Å². The lowest BCUT2D eigenvalue weighted by Crippen LogP contribution is -2.21. The summed E-state index contributed by atoms with van der Waals surface area (Å²) in [6.45, 7) is 4.21. The second-order valence-corrected chi connectivity index (χ2v) is 5.69. The van der Waals surface area contributed by atoms with Crippen molar-refractivity contribution in [2.24, 2.45) is 0 Å². The van der Waals surface area contributed by atoms with Gasteiger partial charge in [0.15, 0.2) is 5.78 Å². The van der Waals surface area contributed by atoms with Gasteiger partial charge >= 0.3 is 5.69 Å². The Morgan fingerprint density at radius 2 is 1.96 bits per heavy atom. The molecule has 1 heterocycles. The fourth-order valence-electron chi connectivity index (χ4n) is 2.33. The summed E-state index contributed by atoms with van der Waals surface area (Å²) < 4.78 is 0. The standard InChI is InChI=1S/C17H21N5O3/c1-4-5-10-21(3)17-15(22(24)25)16(18-11-19-17)20-14-8-6-13(7-9-14)12(2)23/h6-9,11H,4-5,10H2,1-3H3,(H,18,19,20). The lowest BCUT2D eigenvalue weighted by atomic mass is 10.1. The number of aromatic nitrogens is 2. The Kier molecular flexibility index (Phi) is 5.99. The molecule has 2 aromatic rings. The zero-order chi connectivity index (χ0) is 18.4. The number of hydrogen-bond donors (Lipinski definition) is 1. The summed E-state index contributed by atoms with van der Waals surface area (Å²) in [7, 11) is 1.77. The Hall–Kier alpha value is -3.03. The number of carbonyl (C=O) groups is 1. The molecular formula is C17H21N5O3. The Labute approximate surface area is 146 Å². The van der Waals surface area contributed by atoms with Gasteiger partial charge in [0.2, 0.25) is 11.6 Å². The van der Waals surface area contributed by atoms with Crippen molar-refractivity contribution in [2.45, 2.75) is 26.7 Å². The number of Topliss-reactive ketones (excluding diaryl/α,β-unsaturated/α-hetero) is 1. The molecule has 0 aliphatic carbocycles. The number of ketones is 1. The van der Waals surface area contributed by atoms with Crippen LogP contribution < -0.4 is 10.2 Å². The molecule has 1 aromatic heterocycles. The SMILES string of the molecule is CCCCN(C)c1ncnc(Nc2ccc(C(C)=O)cc2)c1[N+](=O)[O-]. The fourth-order valence-corrected chi connectivity index (χ4v) is 2.33. The lowest BCUT2D eigenvalue weighted by Gasteiger charge is -2.18. The predicted molar refractivity (Wildman–Crippen MR) is 96.6 cm³/mol. The van der Waals surface area contributed by atoms with Gasteiger partial charge in [0.05, 0.1) is 4.92 Å². The minimum Gasteiger partial charge on any atom is -0.354 e. The number of carbonyl (C=O) groups excluding carboxylic acids is 1. The molecule has 132 valence electrons. The average Bonchev–Trinajstić information content (AvgIpc) is 2.59. The number of nitrogens with zero attached hydrogens (tertiary/aromatic N) is 4. The molecule has 0 saturated heterocycles. The van der Waals surface area contributed by atoms with Crippen molar-refractivity contribution in [3.63, 3.8) is 0 Å². The molecule has 1 aromatic carbocycles. The van der Waals surface area contributed by atoms with Crippen molar-refractivity contribution >= 4 is 28.8 Å². The smallest absolute Gasteiger partial charge is 0.353 e. The summed E-state index contributed by atoms with van der Waals surface area (Å²) in [4.78, 5) is 32.3. The number of nitrogens with one attached hydrogen (secondary N) is 1. The fraction of sp³-hybridized carbons (Fsp3) is 0.353. The summed E-state index contributed by atoms with van der Waals surface area (Å²) in [5, 5.41) is 14.5. The molecule has 0 spiro atoms. The molecule has 0 amide bonds. The minimum atomic E-state index is -0.482. The normalized spacial score (nSPS) is 10.4. The van der Waals surface area contributed by atoms with Gasteiger partial charge in [-0.15, -0.1) is 0 Å². The molecule has 0 aliphatic rings. The van der Waals surface area contributed by atoms with Crippen LogP contribution in [0.15, 0.2) is 30.6 Å². The molecule has 2 rings (SSSR count).